The summed E-state index contributed by atoms with van der Waals surface area (Å²) in [4.78, 5) is 31.9. The van der Waals surface area contributed by atoms with Crippen molar-refractivity contribution in [2.75, 3.05) is 0 Å². The number of ketones is 1. The van der Waals surface area contributed by atoms with Gasteiger partial charge in [0.15, 0.2) is 0 Å². The summed E-state index contributed by atoms with van der Waals surface area (Å²) in [5.74, 6) is -1.90. The Morgan fingerprint density at radius 3 is 2.23 bits per heavy atom. The zero-order valence-corrected chi connectivity index (χ0v) is 7.66. The lowest BCUT2D eigenvalue weighted by atomic mass is 10.2. The molecule has 0 aliphatic carbocycles. The second-order valence-corrected chi connectivity index (χ2v) is 2.75. The molecule has 5 nitrogen and oxygen atoms in total. The average molecular weight is 187 g/mol. The summed E-state index contributed by atoms with van der Waals surface area (Å²) in [5.41, 5.74) is 0. The highest BCUT2D eigenvalue weighted by Gasteiger charge is 2.17. The van der Waals surface area contributed by atoms with Crippen LogP contribution in [0.3, 0.4) is 0 Å². The van der Waals surface area contributed by atoms with Gasteiger partial charge in [0.2, 0.25) is 5.91 Å². The number of hydrogen-bond donors (Lipinski definition) is 2. The molecule has 0 aromatic carbocycles. The third-order valence-electron chi connectivity index (χ3n) is 1.45. The molecule has 0 unspecified atom stereocenters. The fourth-order valence-corrected chi connectivity index (χ4v) is 0.810. The highest BCUT2D eigenvalue weighted by Crippen LogP contribution is 1.92. The molecule has 1 amide bonds. The van der Waals surface area contributed by atoms with Crippen molar-refractivity contribution >= 4 is 17.7 Å². The van der Waals surface area contributed by atoms with E-state index in [2.05, 4.69) is 5.32 Å². The van der Waals surface area contributed by atoms with Gasteiger partial charge in [-0.3, -0.25) is 9.59 Å². The van der Waals surface area contributed by atoms with E-state index in [9.17, 15) is 14.4 Å². The van der Waals surface area contributed by atoms with Gasteiger partial charge in [0.05, 0.1) is 6.42 Å². The van der Waals surface area contributed by atoms with Crippen LogP contribution in [0.2, 0.25) is 0 Å². The van der Waals surface area contributed by atoms with E-state index in [1.165, 1.54) is 6.92 Å². The van der Waals surface area contributed by atoms with E-state index in [0.717, 1.165) is 0 Å². The molecular formula is C8H13NO4. The van der Waals surface area contributed by atoms with Crippen LogP contribution in [0.25, 0.3) is 0 Å². The monoisotopic (exact) mass is 187 g/mol. The minimum atomic E-state index is -1.08. The maximum atomic E-state index is 10.9. The number of carboxylic acid groups (broad SMARTS) is 1. The molecule has 0 saturated heterocycles. The van der Waals surface area contributed by atoms with E-state index in [-0.39, 0.29) is 12.2 Å². The SMILES string of the molecule is CC[C@H](NC(=O)CC(C)=O)C(=O)O. The van der Waals surface area contributed by atoms with Gasteiger partial charge in [0.25, 0.3) is 0 Å². The molecule has 0 fully saturated rings. The molecule has 0 rings (SSSR count). The van der Waals surface area contributed by atoms with E-state index in [1.807, 2.05) is 0 Å². The summed E-state index contributed by atoms with van der Waals surface area (Å²) in [7, 11) is 0. The van der Waals surface area contributed by atoms with Gasteiger partial charge in [-0.1, -0.05) is 6.92 Å². The van der Waals surface area contributed by atoms with Crippen molar-refractivity contribution in [2.45, 2.75) is 32.7 Å². The van der Waals surface area contributed by atoms with Gasteiger partial charge in [-0.15, -0.1) is 0 Å². The van der Waals surface area contributed by atoms with Crippen LogP contribution in [0.5, 0.6) is 0 Å². The zero-order valence-electron chi connectivity index (χ0n) is 7.66. The Kier molecular flexibility index (Phi) is 4.72. The molecule has 2 N–H and O–H groups in total. The number of rotatable bonds is 5. The van der Waals surface area contributed by atoms with Gasteiger partial charge in [0.1, 0.15) is 11.8 Å². The Bertz CT molecular complexity index is 224. The summed E-state index contributed by atoms with van der Waals surface area (Å²) in [6.45, 7) is 2.92. The number of amides is 1. The van der Waals surface area contributed by atoms with Crippen LogP contribution in [0.4, 0.5) is 0 Å². The molecule has 0 bridgehead atoms. The van der Waals surface area contributed by atoms with E-state index >= 15 is 0 Å². The summed E-state index contributed by atoms with van der Waals surface area (Å²) in [6, 6.07) is -0.896. The van der Waals surface area contributed by atoms with E-state index in [0.29, 0.717) is 6.42 Å². The smallest absolute Gasteiger partial charge is 0.326 e. The summed E-state index contributed by atoms with van der Waals surface area (Å²) >= 11 is 0. The largest absolute Gasteiger partial charge is 0.480 e. The summed E-state index contributed by atoms with van der Waals surface area (Å²) in [6.07, 6.45) is 0.0444. The molecule has 74 valence electrons. The third-order valence-corrected chi connectivity index (χ3v) is 1.45. The number of carbonyl (C=O) groups is 3. The topological polar surface area (TPSA) is 83.5 Å². The van der Waals surface area contributed by atoms with Crippen LogP contribution in [0.1, 0.15) is 26.7 Å². The van der Waals surface area contributed by atoms with Crippen molar-refractivity contribution in [1.29, 1.82) is 0 Å². The molecule has 0 saturated carbocycles. The first kappa shape index (κ1) is 11.6. The molecule has 0 aliphatic rings. The minimum Gasteiger partial charge on any atom is -0.480 e. The standard InChI is InChI=1S/C8H13NO4/c1-3-6(8(12)13)9-7(11)4-5(2)10/h6H,3-4H2,1-2H3,(H,9,11)(H,12,13)/t6-/m0/s1. The highest BCUT2D eigenvalue weighted by molar-refractivity contribution is 5.98. The predicted octanol–water partition coefficient (Wildman–Crippen LogP) is -0.0551. The molecule has 13 heavy (non-hydrogen) atoms. The summed E-state index contributed by atoms with van der Waals surface area (Å²) in [5, 5.41) is 10.8. The second-order valence-electron chi connectivity index (χ2n) is 2.75. The Morgan fingerprint density at radius 2 is 1.92 bits per heavy atom. The molecular weight excluding hydrogens is 174 g/mol. The quantitative estimate of drug-likeness (QED) is 0.591. The van der Waals surface area contributed by atoms with Crippen LogP contribution in [0, 0.1) is 0 Å². The molecule has 0 heterocycles. The van der Waals surface area contributed by atoms with Crippen molar-refractivity contribution in [3.63, 3.8) is 0 Å². The van der Waals surface area contributed by atoms with Crippen molar-refractivity contribution in [3.05, 3.63) is 0 Å². The molecule has 1 atom stereocenters. The Balaban J connectivity index is 4.01. The third kappa shape index (κ3) is 4.95. The van der Waals surface area contributed by atoms with Crippen LogP contribution in [-0.2, 0) is 14.4 Å². The minimum absolute atomic E-state index is 0.260. The first-order valence-electron chi connectivity index (χ1n) is 3.99. The number of carbonyl (C=O) groups excluding carboxylic acids is 2. The van der Waals surface area contributed by atoms with Crippen LogP contribution in [-0.4, -0.2) is 28.8 Å². The van der Waals surface area contributed by atoms with E-state index in [4.69, 9.17) is 5.11 Å². The van der Waals surface area contributed by atoms with Gasteiger partial charge in [-0.25, -0.2) is 4.79 Å². The highest BCUT2D eigenvalue weighted by atomic mass is 16.4. The maximum Gasteiger partial charge on any atom is 0.326 e. The Hall–Kier alpha value is -1.39. The number of nitrogens with one attached hydrogen (secondary N) is 1. The fourth-order valence-electron chi connectivity index (χ4n) is 0.810. The molecule has 0 aliphatic heterocycles. The Labute approximate surface area is 76.1 Å². The zero-order chi connectivity index (χ0) is 10.4. The van der Waals surface area contributed by atoms with Crippen molar-refractivity contribution in [1.82, 2.24) is 5.32 Å². The first-order valence-corrected chi connectivity index (χ1v) is 3.99. The van der Waals surface area contributed by atoms with Gasteiger partial charge in [0, 0.05) is 0 Å². The van der Waals surface area contributed by atoms with Crippen LogP contribution in [0.15, 0.2) is 0 Å². The normalized spacial score (nSPS) is 11.8. The number of hydrogen-bond acceptors (Lipinski definition) is 3. The molecule has 0 aromatic heterocycles. The average Bonchev–Trinajstić information content (AvgIpc) is 1.98. The molecule has 0 spiro atoms. The van der Waals surface area contributed by atoms with Gasteiger partial charge >= 0.3 is 5.97 Å². The van der Waals surface area contributed by atoms with Crippen molar-refractivity contribution < 1.29 is 19.5 Å². The molecule has 0 radical (unpaired) electrons. The van der Waals surface area contributed by atoms with E-state index < -0.39 is 17.9 Å². The predicted molar refractivity (Wildman–Crippen MR) is 45.2 cm³/mol. The summed E-state index contributed by atoms with van der Waals surface area (Å²) < 4.78 is 0. The van der Waals surface area contributed by atoms with Gasteiger partial charge < -0.3 is 10.4 Å². The number of Topliss-reactive ketones (excluding diaryl/α,β-unsaturated/α-hetero) is 1. The van der Waals surface area contributed by atoms with Crippen LogP contribution >= 0.6 is 0 Å². The van der Waals surface area contributed by atoms with Gasteiger partial charge in [-0.2, -0.15) is 0 Å². The number of carboxylic acids is 1. The lowest BCUT2D eigenvalue weighted by molar-refractivity contribution is -0.142. The molecule has 0 aromatic rings. The first-order chi connectivity index (χ1) is 5.97. The maximum absolute atomic E-state index is 10.9. The second kappa shape index (κ2) is 5.29. The molecule has 5 heteroatoms. The van der Waals surface area contributed by atoms with Crippen LogP contribution < -0.4 is 5.32 Å². The lowest BCUT2D eigenvalue weighted by Crippen LogP contribution is -2.40. The number of aliphatic carboxylic acids is 1. The van der Waals surface area contributed by atoms with Gasteiger partial charge in [-0.05, 0) is 13.3 Å². The Morgan fingerprint density at radius 1 is 1.38 bits per heavy atom. The van der Waals surface area contributed by atoms with Crippen molar-refractivity contribution in [3.8, 4) is 0 Å². The van der Waals surface area contributed by atoms with Crippen molar-refractivity contribution in [2.24, 2.45) is 0 Å². The lowest BCUT2D eigenvalue weighted by Gasteiger charge is -2.10. The fraction of sp³-hybridized carbons (Fsp3) is 0.625. The van der Waals surface area contributed by atoms with E-state index in [1.54, 1.807) is 6.92 Å².